The summed E-state index contributed by atoms with van der Waals surface area (Å²) in [5, 5.41) is 5.25. The van der Waals surface area contributed by atoms with Gasteiger partial charge in [-0.15, -0.1) is 0 Å². The van der Waals surface area contributed by atoms with Crippen LogP contribution in [0.15, 0.2) is 53.3 Å². The molecule has 0 aliphatic carbocycles. The number of hydrogen-bond donors (Lipinski definition) is 0. The second-order valence-electron chi connectivity index (χ2n) is 9.32. The van der Waals surface area contributed by atoms with E-state index >= 15 is 0 Å². The molecule has 1 aromatic heterocycles. The molecule has 206 valence electrons. The van der Waals surface area contributed by atoms with Crippen molar-refractivity contribution in [2.45, 2.75) is 45.5 Å². The topological polar surface area (TPSA) is 55.5 Å². The third-order valence-corrected chi connectivity index (χ3v) is 6.90. The van der Waals surface area contributed by atoms with Crippen molar-refractivity contribution in [3.8, 4) is 5.75 Å². The number of rotatable bonds is 11. The SMILES string of the molecule is CCc1nn(CCCN2CCN(c3cccc(Cl)c3)CC2)c(=O)n1CCCOc1cccc(C(F)(F)F)c1. The Morgan fingerprint density at radius 1 is 0.974 bits per heavy atom. The Hall–Kier alpha value is -2.98. The normalized spacial score (nSPS) is 14.7. The van der Waals surface area contributed by atoms with Gasteiger partial charge in [-0.2, -0.15) is 18.3 Å². The average molecular weight is 552 g/mol. The maximum atomic E-state index is 12.9. The number of aromatic nitrogens is 3. The number of benzene rings is 2. The van der Waals surface area contributed by atoms with Gasteiger partial charge in [-0.05, 0) is 49.2 Å². The number of nitrogens with zero attached hydrogens (tertiary/aromatic N) is 5. The molecule has 2 aromatic carbocycles. The summed E-state index contributed by atoms with van der Waals surface area (Å²) >= 11 is 6.12. The molecule has 1 aliphatic heterocycles. The van der Waals surface area contributed by atoms with E-state index in [4.69, 9.17) is 16.3 Å². The Morgan fingerprint density at radius 2 is 1.74 bits per heavy atom. The van der Waals surface area contributed by atoms with E-state index in [9.17, 15) is 18.0 Å². The second kappa shape index (κ2) is 12.7. The molecule has 11 heteroatoms. The fourth-order valence-electron chi connectivity index (χ4n) is 4.64. The largest absolute Gasteiger partial charge is 0.494 e. The van der Waals surface area contributed by atoms with Crippen LogP contribution in [0, 0.1) is 0 Å². The van der Waals surface area contributed by atoms with Gasteiger partial charge in [0.15, 0.2) is 0 Å². The van der Waals surface area contributed by atoms with Crippen LogP contribution in [-0.4, -0.2) is 58.6 Å². The smallest absolute Gasteiger partial charge is 0.416 e. The van der Waals surface area contributed by atoms with Gasteiger partial charge < -0.3 is 9.64 Å². The monoisotopic (exact) mass is 551 g/mol. The molecular weight excluding hydrogens is 519 g/mol. The highest BCUT2D eigenvalue weighted by molar-refractivity contribution is 6.30. The number of aryl methyl sites for hydroxylation is 2. The van der Waals surface area contributed by atoms with E-state index in [1.165, 1.54) is 16.8 Å². The maximum Gasteiger partial charge on any atom is 0.416 e. The first kappa shape index (κ1) is 28.0. The minimum Gasteiger partial charge on any atom is -0.494 e. The Balaban J connectivity index is 1.23. The van der Waals surface area contributed by atoms with Crippen LogP contribution >= 0.6 is 11.6 Å². The van der Waals surface area contributed by atoms with Gasteiger partial charge in [-0.3, -0.25) is 9.47 Å². The number of piperazine rings is 1. The van der Waals surface area contributed by atoms with Crippen molar-refractivity contribution in [3.05, 3.63) is 75.4 Å². The first-order chi connectivity index (χ1) is 18.2. The molecule has 1 fully saturated rings. The minimum atomic E-state index is -4.41. The van der Waals surface area contributed by atoms with Crippen molar-refractivity contribution in [3.63, 3.8) is 0 Å². The first-order valence-corrected chi connectivity index (χ1v) is 13.3. The third-order valence-electron chi connectivity index (χ3n) is 6.66. The fraction of sp³-hybridized carbons (Fsp3) is 0.481. The lowest BCUT2D eigenvalue weighted by Gasteiger charge is -2.36. The third kappa shape index (κ3) is 7.32. The molecule has 0 spiro atoms. The molecule has 0 radical (unpaired) electrons. The van der Waals surface area contributed by atoms with Crippen LogP contribution in [0.4, 0.5) is 18.9 Å². The minimum absolute atomic E-state index is 0.159. The number of alkyl halides is 3. The van der Waals surface area contributed by atoms with Crippen LogP contribution in [0.2, 0.25) is 5.02 Å². The zero-order chi connectivity index (χ0) is 27.1. The van der Waals surface area contributed by atoms with Crippen LogP contribution in [0.25, 0.3) is 0 Å². The van der Waals surface area contributed by atoms with Crippen molar-refractivity contribution in [1.29, 1.82) is 0 Å². The van der Waals surface area contributed by atoms with E-state index < -0.39 is 11.7 Å². The number of hydrogen-bond acceptors (Lipinski definition) is 5. The predicted molar refractivity (Wildman–Crippen MR) is 142 cm³/mol. The molecule has 0 amide bonds. The molecule has 4 rings (SSSR count). The highest BCUT2D eigenvalue weighted by atomic mass is 35.5. The van der Waals surface area contributed by atoms with Crippen LogP contribution in [-0.2, 0) is 25.7 Å². The molecular formula is C27H33ClF3N5O2. The van der Waals surface area contributed by atoms with E-state index in [2.05, 4.69) is 21.0 Å². The van der Waals surface area contributed by atoms with Crippen LogP contribution in [0.1, 0.15) is 31.2 Å². The zero-order valence-electron chi connectivity index (χ0n) is 21.5. The van der Waals surface area contributed by atoms with Gasteiger partial charge in [0.05, 0.1) is 12.2 Å². The summed E-state index contributed by atoms with van der Waals surface area (Å²) in [4.78, 5) is 17.7. The van der Waals surface area contributed by atoms with Crippen molar-refractivity contribution in [1.82, 2.24) is 19.2 Å². The molecule has 2 heterocycles. The molecule has 0 atom stereocenters. The standard InChI is InChI=1S/C27H33ClF3N5O2/c1-2-25-32-36(13-5-11-33-14-16-34(17-15-33)23-9-4-8-22(28)20-23)26(37)35(25)12-6-18-38-24-10-3-7-21(19-24)27(29,30)31/h3-4,7-10,19-20H,2,5-6,11-18H2,1H3. The Kier molecular flexibility index (Phi) is 9.38. The van der Waals surface area contributed by atoms with Gasteiger partial charge in [0, 0.05) is 62.9 Å². The molecule has 0 N–H and O–H groups in total. The van der Waals surface area contributed by atoms with Gasteiger partial charge in [-0.25, -0.2) is 9.48 Å². The fourth-order valence-corrected chi connectivity index (χ4v) is 4.82. The lowest BCUT2D eigenvalue weighted by atomic mass is 10.2. The van der Waals surface area contributed by atoms with E-state index in [1.807, 2.05) is 25.1 Å². The van der Waals surface area contributed by atoms with Crippen molar-refractivity contribution < 1.29 is 17.9 Å². The van der Waals surface area contributed by atoms with Crippen molar-refractivity contribution in [2.75, 3.05) is 44.2 Å². The molecule has 7 nitrogen and oxygen atoms in total. The first-order valence-electron chi connectivity index (χ1n) is 12.9. The zero-order valence-corrected chi connectivity index (χ0v) is 22.2. The van der Waals surface area contributed by atoms with Crippen molar-refractivity contribution in [2.24, 2.45) is 0 Å². The highest BCUT2D eigenvalue weighted by Crippen LogP contribution is 2.31. The summed E-state index contributed by atoms with van der Waals surface area (Å²) in [6, 6.07) is 12.7. The molecule has 0 saturated carbocycles. The summed E-state index contributed by atoms with van der Waals surface area (Å²) in [7, 11) is 0. The van der Waals surface area contributed by atoms with E-state index in [0.29, 0.717) is 31.8 Å². The van der Waals surface area contributed by atoms with Gasteiger partial charge in [0.2, 0.25) is 0 Å². The molecule has 0 unspecified atom stereocenters. The quantitative estimate of drug-likeness (QED) is 0.315. The second-order valence-corrected chi connectivity index (χ2v) is 9.75. The summed E-state index contributed by atoms with van der Waals surface area (Å²) < 4.78 is 47.3. The van der Waals surface area contributed by atoms with Gasteiger partial charge in [0.25, 0.3) is 0 Å². The Bertz CT molecular complexity index is 1250. The lowest BCUT2D eigenvalue weighted by Crippen LogP contribution is -2.46. The molecule has 1 saturated heterocycles. The summed E-state index contributed by atoms with van der Waals surface area (Å²) in [5.41, 5.74) is 0.233. The van der Waals surface area contributed by atoms with E-state index in [-0.39, 0.29) is 18.0 Å². The van der Waals surface area contributed by atoms with E-state index in [1.54, 1.807) is 4.57 Å². The van der Waals surface area contributed by atoms with Crippen LogP contribution < -0.4 is 15.3 Å². The van der Waals surface area contributed by atoms with Crippen LogP contribution in [0.5, 0.6) is 5.75 Å². The summed E-state index contributed by atoms with van der Waals surface area (Å²) in [5.74, 6) is 0.858. The lowest BCUT2D eigenvalue weighted by molar-refractivity contribution is -0.137. The summed E-state index contributed by atoms with van der Waals surface area (Å²) in [6.45, 7) is 7.71. The highest BCUT2D eigenvalue weighted by Gasteiger charge is 2.30. The number of anilines is 1. The maximum absolute atomic E-state index is 12.9. The van der Waals surface area contributed by atoms with Crippen LogP contribution in [0.3, 0.4) is 0 Å². The molecule has 38 heavy (non-hydrogen) atoms. The van der Waals surface area contributed by atoms with E-state index in [0.717, 1.165) is 62.0 Å². The number of ether oxygens (including phenoxy) is 1. The van der Waals surface area contributed by atoms with Crippen molar-refractivity contribution >= 4 is 17.3 Å². The number of halogens is 4. The Labute approximate surface area is 225 Å². The van der Waals surface area contributed by atoms with Gasteiger partial charge in [0.1, 0.15) is 11.6 Å². The van der Waals surface area contributed by atoms with Gasteiger partial charge >= 0.3 is 11.9 Å². The molecule has 1 aliphatic rings. The summed E-state index contributed by atoms with van der Waals surface area (Å²) in [6.07, 6.45) is -2.51. The predicted octanol–water partition coefficient (Wildman–Crippen LogP) is 4.96. The van der Waals surface area contributed by atoms with Gasteiger partial charge in [-0.1, -0.05) is 30.7 Å². The molecule has 0 bridgehead atoms. The average Bonchev–Trinajstić information content (AvgIpc) is 3.21. The molecule has 3 aromatic rings. The Morgan fingerprint density at radius 3 is 2.45 bits per heavy atom.